The third kappa shape index (κ3) is 5.38. The van der Waals surface area contributed by atoms with Crippen LogP contribution in [0.4, 0.5) is 0 Å². The van der Waals surface area contributed by atoms with Crippen molar-refractivity contribution in [1.29, 1.82) is 0 Å². The van der Waals surface area contributed by atoms with Crippen LogP contribution in [0.1, 0.15) is 18.9 Å². The number of halogens is 1. The van der Waals surface area contributed by atoms with Crippen LogP contribution in [0.25, 0.3) is 0 Å². The van der Waals surface area contributed by atoms with Gasteiger partial charge in [0.05, 0.1) is 11.6 Å². The number of ether oxygens (including phenoxy) is 1. The molecule has 1 N–H and O–H groups in total. The van der Waals surface area contributed by atoms with E-state index in [2.05, 4.69) is 59.3 Å². The maximum atomic E-state index is 5.22. The molecule has 1 unspecified atom stereocenters. The van der Waals surface area contributed by atoms with Crippen molar-refractivity contribution in [1.82, 2.24) is 10.2 Å². The predicted octanol–water partition coefficient (Wildman–Crippen LogP) is 2.89. The molecule has 0 saturated heterocycles. The second-order valence-electron chi connectivity index (χ2n) is 4.84. The van der Waals surface area contributed by atoms with Crippen LogP contribution >= 0.6 is 15.9 Å². The minimum absolute atomic E-state index is 0.522. The highest BCUT2D eigenvalue weighted by atomic mass is 79.9. The number of nitrogens with one attached hydrogen (secondary N) is 1. The average Bonchev–Trinajstić information content (AvgIpc) is 2.34. The van der Waals surface area contributed by atoms with Gasteiger partial charge in [0.2, 0.25) is 0 Å². The van der Waals surface area contributed by atoms with Crippen LogP contribution in [-0.4, -0.2) is 38.7 Å². The Bertz CT molecular complexity index is 369. The smallest absolute Gasteiger partial charge is 0.133 e. The van der Waals surface area contributed by atoms with E-state index in [1.54, 1.807) is 7.11 Å². The fourth-order valence-corrected chi connectivity index (χ4v) is 2.25. The topological polar surface area (TPSA) is 24.5 Å². The van der Waals surface area contributed by atoms with Gasteiger partial charge in [-0.2, -0.15) is 0 Å². The first kappa shape index (κ1) is 15.5. The van der Waals surface area contributed by atoms with E-state index in [1.165, 1.54) is 5.56 Å². The van der Waals surface area contributed by atoms with Crippen molar-refractivity contribution in [3.05, 3.63) is 28.2 Å². The third-order valence-corrected chi connectivity index (χ3v) is 3.50. The number of rotatable bonds is 7. The van der Waals surface area contributed by atoms with E-state index in [0.29, 0.717) is 6.04 Å². The van der Waals surface area contributed by atoms with Crippen LogP contribution in [0.2, 0.25) is 0 Å². The van der Waals surface area contributed by atoms with Gasteiger partial charge in [0, 0.05) is 12.6 Å². The normalized spacial score (nSPS) is 12.8. The number of methoxy groups -OCH3 is 1. The van der Waals surface area contributed by atoms with Crippen LogP contribution in [0.3, 0.4) is 0 Å². The van der Waals surface area contributed by atoms with E-state index in [4.69, 9.17) is 4.74 Å². The molecule has 1 rings (SSSR count). The lowest BCUT2D eigenvalue weighted by atomic mass is 10.2. The SMILES string of the molecule is COc1ccc(CNC(C)CCN(C)C)cc1Br. The molecular formula is C14H23BrN2O. The van der Waals surface area contributed by atoms with Gasteiger partial charge in [0.1, 0.15) is 5.75 Å². The first-order valence-electron chi connectivity index (χ1n) is 6.23. The number of hydrogen-bond donors (Lipinski definition) is 1. The van der Waals surface area contributed by atoms with Crippen molar-refractivity contribution >= 4 is 15.9 Å². The lowest BCUT2D eigenvalue weighted by Gasteiger charge is -2.17. The molecule has 0 aromatic heterocycles. The number of hydrogen-bond acceptors (Lipinski definition) is 3. The van der Waals surface area contributed by atoms with Crippen molar-refractivity contribution in [3.8, 4) is 5.75 Å². The van der Waals surface area contributed by atoms with Crippen molar-refractivity contribution in [3.63, 3.8) is 0 Å². The van der Waals surface area contributed by atoms with E-state index >= 15 is 0 Å². The fourth-order valence-electron chi connectivity index (χ4n) is 1.67. The predicted molar refractivity (Wildman–Crippen MR) is 80.2 cm³/mol. The van der Waals surface area contributed by atoms with E-state index in [1.807, 2.05) is 6.07 Å². The van der Waals surface area contributed by atoms with E-state index in [9.17, 15) is 0 Å². The molecule has 0 amide bonds. The molecule has 4 heteroatoms. The van der Waals surface area contributed by atoms with E-state index < -0.39 is 0 Å². The summed E-state index contributed by atoms with van der Waals surface area (Å²) in [6.07, 6.45) is 1.16. The largest absolute Gasteiger partial charge is 0.496 e. The third-order valence-electron chi connectivity index (χ3n) is 2.88. The van der Waals surface area contributed by atoms with Crippen molar-refractivity contribution < 1.29 is 4.74 Å². The van der Waals surface area contributed by atoms with Gasteiger partial charge >= 0.3 is 0 Å². The summed E-state index contributed by atoms with van der Waals surface area (Å²) in [6, 6.07) is 6.71. The van der Waals surface area contributed by atoms with Crippen LogP contribution < -0.4 is 10.1 Å². The summed E-state index contributed by atoms with van der Waals surface area (Å²) in [4.78, 5) is 2.21. The van der Waals surface area contributed by atoms with E-state index in [0.717, 1.165) is 29.7 Å². The Labute approximate surface area is 119 Å². The first-order chi connectivity index (χ1) is 8.52. The standard InChI is InChI=1S/C14H23BrN2O/c1-11(7-8-17(2)3)16-10-12-5-6-14(18-4)13(15)9-12/h5-6,9,11,16H,7-8,10H2,1-4H3. The lowest BCUT2D eigenvalue weighted by molar-refractivity contribution is 0.365. The average molecular weight is 315 g/mol. The summed E-state index contributed by atoms with van der Waals surface area (Å²) in [6.45, 7) is 4.22. The van der Waals surface area contributed by atoms with Gasteiger partial charge in [-0.3, -0.25) is 0 Å². The molecule has 18 heavy (non-hydrogen) atoms. The van der Waals surface area contributed by atoms with Gasteiger partial charge in [-0.15, -0.1) is 0 Å². The fraction of sp³-hybridized carbons (Fsp3) is 0.571. The summed E-state index contributed by atoms with van der Waals surface area (Å²) < 4.78 is 6.22. The van der Waals surface area contributed by atoms with Gasteiger partial charge in [-0.05, 0) is 67.6 Å². The monoisotopic (exact) mass is 314 g/mol. The Balaban J connectivity index is 2.41. The Kier molecular flexibility index (Phi) is 6.68. The summed E-state index contributed by atoms with van der Waals surface area (Å²) in [7, 11) is 5.89. The molecule has 0 spiro atoms. The molecule has 3 nitrogen and oxygen atoms in total. The van der Waals surface area contributed by atoms with Crippen LogP contribution in [-0.2, 0) is 6.54 Å². The van der Waals surface area contributed by atoms with E-state index in [-0.39, 0.29) is 0 Å². The molecule has 102 valence electrons. The van der Waals surface area contributed by atoms with Crippen molar-refractivity contribution in [2.75, 3.05) is 27.7 Å². The molecule has 0 aliphatic heterocycles. The molecule has 0 heterocycles. The minimum Gasteiger partial charge on any atom is -0.496 e. The van der Waals surface area contributed by atoms with Gasteiger partial charge < -0.3 is 15.0 Å². The molecule has 0 saturated carbocycles. The minimum atomic E-state index is 0.522. The highest BCUT2D eigenvalue weighted by Crippen LogP contribution is 2.25. The maximum absolute atomic E-state index is 5.22. The van der Waals surface area contributed by atoms with Gasteiger partial charge in [0.15, 0.2) is 0 Å². The van der Waals surface area contributed by atoms with Gasteiger partial charge in [-0.1, -0.05) is 6.07 Å². The van der Waals surface area contributed by atoms with Crippen LogP contribution in [0, 0.1) is 0 Å². The lowest BCUT2D eigenvalue weighted by Crippen LogP contribution is -2.29. The summed E-state index contributed by atoms with van der Waals surface area (Å²) >= 11 is 3.50. The van der Waals surface area contributed by atoms with Crippen molar-refractivity contribution in [2.45, 2.75) is 25.9 Å². The summed E-state index contributed by atoms with van der Waals surface area (Å²) in [5.74, 6) is 0.874. The highest BCUT2D eigenvalue weighted by molar-refractivity contribution is 9.10. The Morgan fingerprint density at radius 3 is 2.67 bits per heavy atom. The molecule has 1 atom stereocenters. The molecule has 0 aliphatic carbocycles. The first-order valence-corrected chi connectivity index (χ1v) is 7.02. The van der Waals surface area contributed by atoms with Gasteiger partial charge in [0.25, 0.3) is 0 Å². The Morgan fingerprint density at radius 1 is 1.39 bits per heavy atom. The highest BCUT2D eigenvalue weighted by Gasteiger charge is 2.04. The quantitative estimate of drug-likeness (QED) is 0.837. The molecule has 1 aromatic carbocycles. The van der Waals surface area contributed by atoms with Crippen molar-refractivity contribution in [2.24, 2.45) is 0 Å². The zero-order valence-corrected chi connectivity index (χ0v) is 13.3. The second kappa shape index (κ2) is 7.77. The van der Waals surface area contributed by atoms with Gasteiger partial charge in [-0.25, -0.2) is 0 Å². The zero-order valence-electron chi connectivity index (χ0n) is 11.7. The molecular weight excluding hydrogens is 292 g/mol. The molecule has 0 aliphatic rings. The Morgan fingerprint density at radius 2 is 2.11 bits per heavy atom. The molecule has 1 aromatic rings. The molecule has 0 radical (unpaired) electrons. The zero-order chi connectivity index (χ0) is 13.5. The molecule has 0 fully saturated rings. The van der Waals surface area contributed by atoms with Crippen LogP contribution in [0.15, 0.2) is 22.7 Å². The molecule has 0 bridgehead atoms. The summed E-state index contributed by atoms with van der Waals surface area (Å²) in [5.41, 5.74) is 1.26. The maximum Gasteiger partial charge on any atom is 0.133 e. The van der Waals surface area contributed by atoms with Crippen LogP contribution in [0.5, 0.6) is 5.75 Å². The second-order valence-corrected chi connectivity index (χ2v) is 5.70. The number of benzene rings is 1. The summed E-state index contributed by atoms with van der Waals surface area (Å²) in [5, 5.41) is 3.53. The number of nitrogens with zero attached hydrogens (tertiary/aromatic N) is 1. The Hall–Kier alpha value is -0.580.